The molecular formula is C10H15F. The monoisotopic (exact) mass is 154 g/mol. The van der Waals surface area contributed by atoms with Crippen molar-refractivity contribution in [2.75, 3.05) is 0 Å². The average molecular weight is 154 g/mol. The highest BCUT2D eigenvalue weighted by atomic mass is 19.1. The third kappa shape index (κ3) is 1.92. The Morgan fingerprint density at radius 1 is 1.36 bits per heavy atom. The van der Waals surface area contributed by atoms with E-state index in [1.165, 1.54) is 5.57 Å². The van der Waals surface area contributed by atoms with Gasteiger partial charge in [-0.25, -0.2) is 4.39 Å². The Bertz CT molecular complexity index is 209. The summed E-state index contributed by atoms with van der Waals surface area (Å²) in [4.78, 5) is 0. The molecule has 0 N–H and O–H groups in total. The van der Waals surface area contributed by atoms with Gasteiger partial charge in [0.2, 0.25) is 0 Å². The molecule has 1 heteroatoms. The minimum atomic E-state index is -0.0139. The lowest BCUT2D eigenvalue weighted by atomic mass is 9.91. The van der Waals surface area contributed by atoms with E-state index in [-0.39, 0.29) is 5.83 Å². The van der Waals surface area contributed by atoms with Crippen molar-refractivity contribution in [1.29, 1.82) is 0 Å². The zero-order valence-corrected chi connectivity index (χ0v) is 7.45. The van der Waals surface area contributed by atoms with Crippen LogP contribution in [0.15, 0.2) is 23.0 Å². The Balaban J connectivity index is 2.81. The van der Waals surface area contributed by atoms with Crippen LogP contribution in [0.2, 0.25) is 0 Å². The SMILES string of the molecule is CC1=C(F)C=C(C(C)C)CC1. The Morgan fingerprint density at radius 2 is 2.00 bits per heavy atom. The van der Waals surface area contributed by atoms with Gasteiger partial charge in [-0.2, -0.15) is 0 Å². The maximum Gasteiger partial charge on any atom is 0.122 e. The number of hydrogen-bond donors (Lipinski definition) is 0. The van der Waals surface area contributed by atoms with E-state index in [1.54, 1.807) is 6.08 Å². The molecule has 1 aliphatic carbocycles. The van der Waals surface area contributed by atoms with E-state index < -0.39 is 0 Å². The molecule has 11 heavy (non-hydrogen) atoms. The van der Waals surface area contributed by atoms with Gasteiger partial charge in [0.25, 0.3) is 0 Å². The number of halogens is 1. The summed E-state index contributed by atoms with van der Waals surface area (Å²) in [5.41, 5.74) is 2.14. The first-order valence-corrected chi connectivity index (χ1v) is 4.17. The van der Waals surface area contributed by atoms with Crippen LogP contribution in [0.1, 0.15) is 33.6 Å². The second-order valence-corrected chi connectivity index (χ2v) is 3.50. The van der Waals surface area contributed by atoms with Gasteiger partial charge in [-0.3, -0.25) is 0 Å². The molecule has 0 saturated heterocycles. The predicted octanol–water partition coefficient (Wildman–Crippen LogP) is 3.61. The average Bonchev–Trinajstić information content (AvgIpc) is 1.94. The highest BCUT2D eigenvalue weighted by Gasteiger charge is 2.11. The van der Waals surface area contributed by atoms with Gasteiger partial charge in [0.1, 0.15) is 5.83 Å². The van der Waals surface area contributed by atoms with Gasteiger partial charge in [0.05, 0.1) is 0 Å². The van der Waals surface area contributed by atoms with Gasteiger partial charge >= 0.3 is 0 Å². The van der Waals surface area contributed by atoms with Crippen LogP contribution in [0.4, 0.5) is 4.39 Å². The minimum Gasteiger partial charge on any atom is -0.207 e. The lowest BCUT2D eigenvalue weighted by Gasteiger charge is -2.16. The molecule has 0 atom stereocenters. The van der Waals surface area contributed by atoms with Gasteiger partial charge in [-0.05, 0) is 37.3 Å². The maximum absolute atomic E-state index is 13.0. The summed E-state index contributed by atoms with van der Waals surface area (Å²) in [5.74, 6) is 0.480. The van der Waals surface area contributed by atoms with Crippen LogP contribution in [0, 0.1) is 5.92 Å². The smallest absolute Gasteiger partial charge is 0.122 e. The van der Waals surface area contributed by atoms with Crippen molar-refractivity contribution in [3.8, 4) is 0 Å². The van der Waals surface area contributed by atoms with Crippen molar-refractivity contribution in [3.05, 3.63) is 23.0 Å². The first kappa shape index (κ1) is 8.51. The van der Waals surface area contributed by atoms with Gasteiger partial charge in [0.15, 0.2) is 0 Å². The summed E-state index contributed by atoms with van der Waals surface area (Å²) in [6.45, 7) is 6.09. The number of allylic oxidation sites excluding steroid dienone is 4. The zero-order valence-electron chi connectivity index (χ0n) is 7.45. The van der Waals surface area contributed by atoms with Crippen molar-refractivity contribution >= 4 is 0 Å². The molecule has 0 aromatic heterocycles. The fraction of sp³-hybridized carbons (Fsp3) is 0.600. The van der Waals surface area contributed by atoms with E-state index in [0.717, 1.165) is 18.4 Å². The Kier molecular flexibility index (Phi) is 2.48. The van der Waals surface area contributed by atoms with Crippen molar-refractivity contribution < 1.29 is 4.39 Å². The molecule has 0 aliphatic heterocycles. The molecule has 0 bridgehead atoms. The van der Waals surface area contributed by atoms with Gasteiger partial charge in [-0.1, -0.05) is 19.4 Å². The normalized spacial score (nSPS) is 19.2. The van der Waals surface area contributed by atoms with E-state index in [1.807, 2.05) is 6.92 Å². The van der Waals surface area contributed by atoms with E-state index in [0.29, 0.717) is 5.92 Å². The fourth-order valence-corrected chi connectivity index (χ4v) is 1.26. The lowest BCUT2D eigenvalue weighted by Crippen LogP contribution is -2.00. The molecule has 0 heterocycles. The molecular weight excluding hydrogens is 139 g/mol. The first-order chi connectivity index (χ1) is 5.11. The summed E-state index contributed by atoms with van der Waals surface area (Å²) < 4.78 is 13.0. The van der Waals surface area contributed by atoms with Crippen molar-refractivity contribution in [1.82, 2.24) is 0 Å². The standard InChI is InChI=1S/C10H15F/c1-7(2)9-5-4-8(3)10(11)6-9/h6-7H,4-5H2,1-3H3. The van der Waals surface area contributed by atoms with Gasteiger partial charge < -0.3 is 0 Å². The van der Waals surface area contributed by atoms with E-state index in [2.05, 4.69) is 13.8 Å². The molecule has 0 spiro atoms. The lowest BCUT2D eigenvalue weighted by molar-refractivity contribution is 0.607. The highest BCUT2D eigenvalue weighted by molar-refractivity contribution is 5.28. The van der Waals surface area contributed by atoms with Crippen molar-refractivity contribution in [3.63, 3.8) is 0 Å². The van der Waals surface area contributed by atoms with E-state index >= 15 is 0 Å². The van der Waals surface area contributed by atoms with Crippen molar-refractivity contribution in [2.24, 2.45) is 5.92 Å². The summed E-state index contributed by atoms with van der Waals surface area (Å²) >= 11 is 0. The zero-order chi connectivity index (χ0) is 8.43. The van der Waals surface area contributed by atoms with Crippen LogP contribution in [0.5, 0.6) is 0 Å². The van der Waals surface area contributed by atoms with Gasteiger partial charge in [-0.15, -0.1) is 0 Å². The number of rotatable bonds is 1. The molecule has 62 valence electrons. The molecule has 0 amide bonds. The van der Waals surface area contributed by atoms with Crippen LogP contribution in [0.25, 0.3) is 0 Å². The molecule has 0 nitrogen and oxygen atoms in total. The van der Waals surface area contributed by atoms with Crippen LogP contribution in [-0.2, 0) is 0 Å². The fourth-order valence-electron chi connectivity index (χ4n) is 1.26. The third-order valence-electron chi connectivity index (χ3n) is 2.25. The molecule has 0 aromatic rings. The Morgan fingerprint density at radius 3 is 2.45 bits per heavy atom. The third-order valence-corrected chi connectivity index (χ3v) is 2.25. The van der Waals surface area contributed by atoms with Gasteiger partial charge in [0, 0.05) is 0 Å². The van der Waals surface area contributed by atoms with Crippen LogP contribution < -0.4 is 0 Å². The highest BCUT2D eigenvalue weighted by Crippen LogP contribution is 2.28. The molecule has 0 aromatic carbocycles. The molecule has 1 aliphatic rings. The molecule has 1 rings (SSSR count). The van der Waals surface area contributed by atoms with Crippen LogP contribution >= 0.6 is 0 Å². The van der Waals surface area contributed by atoms with E-state index in [4.69, 9.17) is 0 Å². The first-order valence-electron chi connectivity index (χ1n) is 4.17. The molecule has 0 fully saturated rings. The largest absolute Gasteiger partial charge is 0.207 e. The second-order valence-electron chi connectivity index (χ2n) is 3.50. The second kappa shape index (κ2) is 3.21. The maximum atomic E-state index is 13.0. The molecule has 0 saturated carbocycles. The summed E-state index contributed by atoms with van der Waals surface area (Å²) in [7, 11) is 0. The summed E-state index contributed by atoms with van der Waals surface area (Å²) in [6.07, 6.45) is 3.64. The molecule has 0 radical (unpaired) electrons. The number of hydrogen-bond acceptors (Lipinski definition) is 0. The van der Waals surface area contributed by atoms with Crippen LogP contribution in [0.3, 0.4) is 0 Å². The van der Waals surface area contributed by atoms with Crippen molar-refractivity contribution in [2.45, 2.75) is 33.6 Å². The Labute approximate surface area is 67.8 Å². The summed E-state index contributed by atoms with van der Waals surface area (Å²) in [5, 5.41) is 0. The summed E-state index contributed by atoms with van der Waals surface area (Å²) in [6, 6.07) is 0. The quantitative estimate of drug-likeness (QED) is 0.541. The molecule has 0 unspecified atom stereocenters. The predicted molar refractivity (Wildman–Crippen MR) is 46.0 cm³/mol. The topological polar surface area (TPSA) is 0 Å². The van der Waals surface area contributed by atoms with Crippen LogP contribution in [-0.4, -0.2) is 0 Å². The Hall–Kier alpha value is -0.590. The van der Waals surface area contributed by atoms with E-state index in [9.17, 15) is 4.39 Å². The minimum absolute atomic E-state index is 0.0139.